The Morgan fingerprint density at radius 2 is 1.63 bits per heavy atom. The largest absolute Gasteiger partial charge is 0.490 e. The molecule has 150 valence electrons. The summed E-state index contributed by atoms with van der Waals surface area (Å²) in [6.45, 7) is 0.925. The Balaban J connectivity index is 1.30. The molecular formula is C22H30F2O2S. The van der Waals surface area contributed by atoms with Gasteiger partial charge in [0.15, 0.2) is 11.5 Å². The molecule has 0 N–H and O–H groups in total. The van der Waals surface area contributed by atoms with E-state index < -0.39 is 11.6 Å². The summed E-state index contributed by atoms with van der Waals surface area (Å²) < 4.78 is 39.5. The lowest BCUT2D eigenvalue weighted by molar-refractivity contribution is 0.134. The lowest BCUT2D eigenvalue weighted by Gasteiger charge is -2.37. The number of fused-ring (bicyclic) bond motifs is 1. The average molecular weight is 397 g/mol. The minimum absolute atomic E-state index is 0.0472. The first-order valence-corrected chi connectivity index (χ1v) is 11.1. The molecule has 4 rings (SSSR count). The summed E-state index contributed by atoms with van der Waals surface area (Å²) in [6, 6.07) is 1.63. The second kappa shape index (κ2) is 8.59. The molecule has 1 aromatic rings. The van der Waals surface area contributed by atoms with Crippen LogP contribution in [0.2, 0.25) is 0 Å². The van der Waals surface area contributed by atoms with Gasteiger partial charge in [0, 0.05) is 10.8 Å². The third-order valence-electron chi connectivity index (χ3n) is 6.82. The first kappa shape index (κ1) is 19.4. The van der Waals surface area contributed by atoms with E-state index in [1.807, 2.05) is 0 Å². The van der Waals surface area contributed by atoms with E-state index >= 15 is 0 Å². The summed E-state index contributed by atoms with van der Waals surface area (Å²) in [5.41, 5.74) is 0.721. The van der Waals surface area contributed by atoms with Crippen molar-refractivity contribution in [3.8, 4) is 11.5 Å². The first-order chi connectivity index (χ1) is 13.1. The minimum Gasteiger partial charge on any atom is -0.490 e. The molecule has 2 saturated carbocycles. The maximum atomic E-state index is 14.3. The van der Waals surface area contributed by atoms with Crippen LogP contribution in [-0.4, -0.2) is 18.5 Å². The van der Waals surface area contributed by atoms with E-state index in [1.165, 1.54) is 38.5 Å². The number of benzene rings is 1. The molecule has 0 atom stereocenters. The van der Waals surface area contributed by atoms with E-state index in [1.54, 1.807) is 6.07 Å². The predicted octanol–water partition coefficient (Wildman–Crippen LogP) is 5.96. The van der Waals surface area contributed by atoms with Crippen LogP contribution in [0.15, 0.2) is 6.07 Å². The molecule has 3 aliphatic rings. The van der Waals surface area contributed by atoms with Crippen LogP contribution < -0.4 is 9.47 Å². The molecule has 2 aliphatic carbocycles. The second-order valence-corrected chi connectivity index (χ2v) is 9.33. The lowest BCUT2D eigenvalue weighted by atomic mass is 9.71. The highest BCUT2D eigenvalue weighted by molar-refractivity contribution is 7.80. The van der Waals surface area contributed by atoms with E-state index in [0.29, 0.717) is 30.8 Å². The van der Waals surface area contributed by atoms with Crippen LogP contribution in [0.1, 0.15) is 63.4 Å². The number of aryl methyl sites for hydroxylation is 1. The summed E-state index contributed by atoms with van der Waals surface area (Å²) in [6.07, 6.45) is 11.4. The third kappa shape index (κ3) is 4.38. The molecule has 1 aliphatic heterocycles. The van der Waals surface area contributed by atoms with Gasteiger partial charge in [0.2, 0.25) is 11.6 Å². The summed E-state index contributed by atoms with van der Waals surface area (Å²) in [5.74, 6) is 0.448. The van der Waals surface area contributed by atoms with Crippen molar-refractivity contribution in [3.05, 3.63) is 23.3 Å². The average Bonchev–Trinajstić information content (AvgIpc) is 2.71. The van der Waals surface area contributed by atoms with Crippen LogP contribution in [0, 0.1) is 29.4 Å². The summed E-state index contributed by atoms with van der Waals surface area (Å²) in [7, 11) is 0. The first-order valence-electron chi connectivity index (χ1n) is 10.6. The molecule has 0 saturated heterocycles. The molecule has 0 radical (unpaired) electrons. The zero-order valence-electron chi connectivity index (χ0n) is 15.9. The van der Waals surface area contributed by atoms with Crippen molar-refractivity contribution in [3.63, 3.8) is 0 Å². The Morgan fingerprint density at radius 3 is 2.33 bits per heavy atom. The van der Waals surface area contributed by atoms with Crippen molar-refractivity contribution < 1.29 is 18.3 Å². The van der Waals surface area contributed by atoms with Gasteiger partial charge in [-0.25, -0.2) is 0 Å². The van der Waals surface area contributed by atoms with Gasteiger partial charge in [-0.05, 0) is 88.0 Å². The third-order valence-corrected chi connectivity index (χ3v) is 7.33. The summed E-state index contributed by atoms with van der Waals surface area (Å²) >= 11 is 4.61. The molecular weight excluding hydrogens is 366 g/mol. The van der Waals surface area contributed by atoms with E-state index in [0.717, 1.165) is 36.7 Å². The lowest BCUT2D eigenvalue weighted by Crippen LogP contribution is -2.27. The number of halogens is 2. The highest BCUT2D eigenvalue weighted by Crippen LogP contribution is 2.41. The molecule has 27 heavy (non-hydrogen) atoms. The zero-order valence-corrected chi connectivity index (χ0v) is 16.8. The standard InChI is InChI=1S/C22H30F2O2S/c23-20-19(12-17-2-1-11-25-22(17)21(20)24)26-13-14-3-5-15(6-4-14)16-7-9-18(27)10-8-16/h12,14-16,18,27H,1-11,13H2. The SMILES string of the molecule is Fc1c(OCC2CCC(C3CCC(S)CC3)CC2)cc2c(c1F)OCCC2. The Hall–Kier alpha value is -0.970. The molecule has 2 fully saturated rings. The van der Waals surface area contributed by atoms with Crippen molar-refractivity contribution in [2.45, 2.75) is 69.5 Å². The van der Waals surface area contributed by atoms with Crippen molar-refractivity contribution in [1.82, 2.24) is 0 Å². The normalized spacial score (nSPS) is 31.1. The van der Waals surface area contributed by atoms with Gasteiger partial charge in [-0.3, -0.25) is 0 Å². The van der Waals surface area contributed by atoms with E-state index in [2.05, 4.69) is 12.6 Å². The van der Waals surface area contributed by atoms with Gasteiger partial charge in [0.25, 0.3) is 0 Å². The molecule has 0 unspecified atom stereocenters. The number of hydrogen-bond donors (Lipinski definition) is 1. The van der Waals surface area contributed by atoms with Crippen LogP contribution in [0.4, 0.5) is 8.78 Å². The van der Waals surface area contributed by atoms with E-state index in [9.17, 15) is 8.78 Å². The molecule has 1 aromatic carbocycles. The fourth-order valence-corrected chi connectivity index (χ4v) is 5.42. The van der Waals surface area contributed by atoms with E-state index in [4.69, 9.17) is 9.47 Å². The molecule has 1 heterocycles. The molecule has 2 nitrogen and oxygen atoms in total. The van der Waals surface area contributed by atoms with Gasteiger partial charge in [-0.15, -0.1) is 0 Å². The highest BCUT2D eigenvalue weighted by Gasteiger charge is 2.31. The quantitative estimate of drug-likeness (QED) is 0.633. The highest BCUT2D eigenvalue weighted by atomic mass is 32.1. The van der Waals surface area contributed by atoms with Gasteiger partial charge in [-0.2, -0.15) is 21.4 Å². The van der Waals surface area contributed by atoms with Crippen LogP contribution >= 0.6 is 12.6 Å². The topological polar surface area (TPSA) is 18.5 Å². The molecule has 0 aromatic heterocycles. The fourth-order valence-electron chi connectivity index (χ4n) is 5.13. The second-order valence-electron chi connectivity index (χ2n) is 8.60. The van der Waals surface area contributed by atoms with Gasteiger partial charge in [0.1, 0.15) is 0 Å². The van der Waals surface area contributed by atoms with Crippen molar-refractivity contribution >= 4 is 12.6 Å². The monoisotopic (exact) mass is 396 g/mol. The van der Waals surface area contributed by atoms with Gasteiger partial charge in [0.05, 0.1) is 13.2 Å². The maximum Gasteiger partial charge on any atom is 0.204 e. The molecule has 0 spiro atoms. The molecule has 0 amide bonds. The van der Waals surface area contributed by atoms with Crippen molar-refractivity contribution in [2.24, 2.45) is 17.8 Å². The smallest absolute Gasteiger partial charge is 0.204 e. The summed E-state index contributed by atoms with van der Waals surface area (Å²) in [4.78, 5) is 0. The number of hydrogen-bond acceptors (Lipinski definition) is 3. The fraction of sp³-hybridized carbons (Fsp3) is 0.727. The Labute approximate surface area is 166 Å². The van der Waals surface area contributed by atoms with Crippen LogP contribution in [0.25, 0.3) is 0 Å². The van der Waals surface area contributed by atoms with Gasteiger partial charge >= 0.3 is 0 Å². The van der Waals surface area contributed by atoms with Crippen molar-refractivity contribution in [2.75, 3.05) is 13.2 Å². The Morgan fingerprint density at radius 1 is 0.963 bits per heavy atom. The summed E-state index contributed by atoms with van der Waals surface area (Å²) in [5, 5.41) is 0.600. The molecule has 0 bridgehead atoms. The minimum atomic E-state index is -0.909. The maximum absolute atomic E-state index is 14.3. The number of ether oxygens (including phenoxy) is 2. The van der Waals surface area contributed by atoms with E-state index in [-0.39, 0.29) is 11.5 Å². The zero-order chi connectivity index (χ0) is 18.8. The molecule has 5 heteroatoms. The number of rotatable bonds is 4. The van der Waals surface area contributed by atoms with Gasteiger partial charge < -0.3 is 9.47 Å². The van der Waals surface area contributed by atoms with Gasteiger partial charge in [-0.1, -0.05) is 0 Å². The van der Waals surface area contributed by atoms with Crippen LogP contribution in [0.3, 0.4) is 0 Å². The van der Waals surface area contributed by atoms with Crippen molar-refractivity contribution in [1.29, 1.82) is 0 Å². The predicted molar refractivity (Wildman–Crippen MR) is 106 cm³/mol. The number of thiol groups is 1. The van der Waals surface area contributed by atoms with Crippen LogP contribution in [0.5, 0.6) is 11.5 Å². The Bertz CT molecular complexity index is 650. The Kier molecular flexibility index (Phi) is 6.15. The van der Waals surface area contributed by atoms with Crippen LogP contribution in [-0.2, 0) is 6.42 Å².